The first-order valence-corrected chi connectivity index (χ1v) is 10.5. The van der Waals surface area contributed by atoms with Gasteiger partial charge in [0.2, 0.25) is 0 Å². The molecule has 1 N–H and O–H groups in total. The molecule has 2 heterocycles. The molecule has 0 radical (unpaired) electrons. The van der Waals surface area contributed by atoms with Gasteiger partial charge in [0.05, 0.1) is 24.3 Å². The Labute approximate surface area is 187 Å². The molecule has 1 aromatic heterocycles. The summed E-state index contributed by atoms with van der Waals surface area (Å²) in [6.07, 6.45) is 4.49. The van der Waals surface area contributed by atoms with Crippen molar-refractivity contribution in [1.82, 2.24) is 4.98 Å². The number of methoxy groups -OCH3 is 1. The maximum absolute atomic E-state index is 13.1. The van der Waals surface area contributed by atoms with E-state index in [1.54, 1.807) is 35.7 Å². The summed E-state index contributed by atoms with van der Waals surface area (Å²) < 4.78 is 4.72. The van der Waals surface area contributed by atoms with Crippen molar-refractivity contribution in [3.8, 4) is 0 Å². The largest absolute Gasteiger partial charge is 0.503 e. The van der Waals surface area contributed by atoms with Gasteiger partial charge in [-0.3, -0.25) is 14.5 Å². The molecule has 8 heteroatoms. The predicted octanol–water partition coefficient (Wildman–Crippen LogP) is 4.11. The number of esters is 1. The second kappa shape index (κ2) is 8.99. The number of allylic oxidation sites excluding steroid dienone is 1. The number of aliphatic hydroxyl groups excluding tert-OH is 1. The van der Waals surface area contributed by atoms with Gasteiger partial charge in [-0.2, -0.15) is 0 Å². The predicted molar refractivity (Wildman–Crippen MR) is 120 cm³/mol. The molecule has 1 amide bonds. The van der Waals surface area contributed by atoms with Gasteiger partial charge in [0.1, 0.15) is 0 Å². The number of ketones is 1. The Morgan fingerprint density at radius 3 is 2.47 bits per heavy atom. The zero-order chi connectivity index (χ0) is 22.7. The van der Waals surface area contributed by atoms with E-state index in [4.69, 9.17) is 4.74 Å². The molecule has 0 saturated carbocycles. The van der Waals surface area contributed by atoms with Crippen LogP contribution in [0.5, 0.6) is 0 Å². The molecule has 160 valence electrons. The third-order valence-electron chi connectivity index (χ3n) is 4.97. The average molecular weight is 446 g/mol. The number of amides is 1. The maximum atomic E-state index is 13.1. The van der Waals surface area contributed by atoms with E-state index >= 15 is 0 Å². The monoisotopic (exact) mass is 446 g/mol. The second-order valence-electron chi connectivity index (χ2n) is 6.88. The van der Waals surface area contributed by atoms with E-state index in [2.05, 4.69) is 4.98 Å². The van der Waals surface area contributed by atoms with Crippen LogP contribution in [-0.2, 0) is 14.3 Å². The standard InChI is InChI=1S/C24H18N2O5S/c1-31-23(30)17-10-8-16(9-11-17)20-19(18(27)12-7-15-5-3-2-4-6-15)21(28)22(29)26(20)24-25-13-14-32-24/h2-14,20,28H,1H3/b12-7+. The summed E-state index contributed by atoms with van der Waals surface area (Å²) in [5.41, 5.74) is 1.62. The quantitative estimate of drug-likeness (QED) is 0.452. The lowest BCUT2D eigenvalue weighted by atomic mass is 9.95. The molecule has 3 aromatic rings. The number of aromatic nitrogens is 1. The first-order valence-electron chi connectivity index (χ1n) is 9.63. The van der Waals surface area contributed by atoms with Crippen molar-refractivity contribution in [1.29, 1.82) is 0 Å². The van der Waals surface area contributed by atoms with E-state index in [9.17, 15) is 19.5 Å². The van der Waals surface area contributed by atoms with Crippen LogP contribution in [0.1, 0.15) is 27.5 Å². The molecular weight excluding hydrogens is 428 g/mol. The van der Waals surface area contributed by atoms with Gasteiger partial charge in [0.25, 0.3) is 5.91 Å². The Kier molecular flexibility index (Phi) is 5.96. The first-order chi connectivity index (χ1) is 15.5. The normalized spacial score (nSPS) is 16.1. The van der Waals surface area contributed by atoms with Crippen molar-refractivity contribution in [2.45, 2.75) is 6.04 Å². The molecular formula is C24H18N2O5S. The summed E-state index contributed by atoms with van der Waals surface area (Å²) in [6.45, 7) is 0. The number of hydrogen-bond acceptors (Lipinski definition) is 7. The summed E-state index contributed by atoms with van der Waals surface area (Å²) in [6, 6.07) is 14.7. The maximum Gasteiger partial charge on any atom is 0.337 e. The van der Waals surface area contributed by atoms with Crippen LogP contribution in [-0.4, -0.2) is 34.9 Å². The smallest absolute Gasteiger partial charge is 0.337 e. The van der Waals surface area contributed by atoms with E-state index in [0.717, 1.165) is 5.56 Å². The Balaban J connectivity index is 1.75. The second-order valence-corrected chi connectivity index (χ2v) is 7.75. The number of rotatable bonds is 6. The highest BCUT2D eigenvalue weighted by Crippen LogP contribution is 2.41. The van der Waals surface area contributed by atoms with Crippen LogP contribution in [0.15, 0.2) is 83.6 Å². The van der Waals surface area contributed by atoms with Gasteiger partial charge >= 0.3 is 5.97 Å². The van der Waals surface area contributed by atoms with Crippen LogP contribution in [0.25, 0.3) is 6.08 Å². The van der Waals surface area contributed by atoms with Gasteiger partial charge in [0, 0.05) is 11.6 Å². The van der Waals surface area contributed by atoms with Gasteiger partial charge in [-0.25, -0.2) is 9.78 Å². The van der Waals surface area contributed by atoms with Gasteiger partial charge in [0.15, 0.2) is 16.7 Å². The van der Waals surface area contributed by atoms with Crippen molar-refractivity contribution < 1.29 is 24.2 Å². The van der Waals surface area contributed by atoms with Gasteiger partial charge < -0.3 is 9.84 Å². The first kappa shape index (κ1) is 21.2. The number of ether oxygens (including phenoxy) is 1. The summed E-state index contributed by atoms with van der Waals surface area (Å²) in [4.78, 5) is 43.3. The summed E-state index contributed by atoms with van der Waals surface area (Å²) in [5, 5.41) is 12.7. The number of anilines is 1. The minimum Gasteiger partial charge on any atom is -0.503 e. The minimum atomic E-state index is -0.895. The van der Waals surface area contributed by atoms with E-state index in [1.807, 2.05) is 30.3 Å². The molecule has 1 atom stereocenters. The molecule has 4 rings (SSSR count). The summed E-state index contributed by atoms with van der Waals surface area (Å²) in [7, 11) is 1.28. The molecule has 1 unspecified atom stereocenters. The Morgan fingerprint density at radius 2 is 1.84 bits per heavy atom. The Bertz CT molecular complexity index is 1220. The van der Waals surface area contributed by atoms with Gasteiger partial charge in [-0.05, 0) is 29.3 Å². The molecule has 0 bridgehead atoms. The third kappa shape index (κ3) is 3.95. The van der Waals surface area contributed by atoms with E-state index in [-0.39, 0.29) is 5.57 Å². The number of carbonyl (C=O) groups is 3. The third-order valence-corrected chi connectivity index (χ3v) is 5.74. The molecule has 1 aliphatic heterocycles. The highest BCUT2D eigenvalue weighted by molar-refractivity contribution is 7.13. The fraction of sp³-hybridized carbons (Fsp3) is 0.0833. The van der Waals surface area contributed by atoms with Crippen LogP contribution in [0, 0.1) is 0 Å². The molecule has 1 aliphatic rings. The van der Waals surface area contributed by atoms with Crippen LogP contribution in [0.4, 0.5) is 5.13 Å². The van der Waals surface area contributed by atoms with Gasteiger partial charge in [-0.15, -0.1) is 11.3 Å². The van der Waals surface area contributed by atoms with Crippen molar-refractivity contribution in [3.63, 3.8) is 0 Å². The lowest BCUT2D eigenvalue weighted by Gasteiger charge is -2.24. The van der Waals surface area contributed by atoms with Crippen molar-refractivity contribution >= 4 is 40.2 Å². The fourth-order valence-electron chi connectivity index (χ4n) is 3.45. The number of benzene rings is 2. The lowest BCUT2D eigenvalue weighted by molar-refractivity contribution is -0.117. The number of thiazole rings is 1. The van der Waals surface area contributed by atoms with E-state index in [0.29, 0.717) is 16.3 Å². The number of hydrogen-bond donors (Lipinski definition) is 1. The highest BCUT2D eigenvalue weighted by atomic mass is 32.1. The molecule has 0 aliphatic carbocycles. The fourth-order valence-corrected chi connectivity index (χ4v) is 4.12. The lowest BCUT2D eigenvalue weighted by Crippen LogP contribution is -2.30. The molecule has 2 aromatic carbocycles. The highest BCUT2D eigenvalue weighted by Gasteiger charge is 2.44. The number of aliphatic hydroxyl groups is 1. The SMILES string of the molecule is COC(=O)c1ccc(C2C(C(=O)/C=C/c3ccccc3)=C(O)C(=O)N2c2nccs2)cc1. The molecule has 0 spiro atoms. The Morgan fingerprint density at radius 1 is 1.12 bits per heavy atom. The van der Waals surface area contributed by atoms with Crippen LogP contribution < -0.4 is 4.90 Å². The molecule has 7 nitrogen and oxygen atoms in total. The molecule has 0 saturated heterocycles. The van der Waals surface area contributed by atoms with Crippen LogP contribution >= 0.6 is 11.3 Å². The number of nitrogens with zero attached hydrogens (tertiary/aromatic N) is 2. The summed E-state index contributed by atoms with van der Waals surface area (Å²) in [5.74, 6) is -2.33. The zero-order valence-corrected chi connectivity index (χ0v) is 17.8. The van der Waals surface area contributed by atoms with Crippen molar-refractivity contribution in [2.24, 2.45) is 0 Å². The van der Waals surface area contributed by atoms with Crippen molar-refractivity contribution in [2.75, 3.05) is 12.0 Å². The van der Waals surface area contributed by atoms with Gasteiger partial charge in [-0.1, -0.05) is 48.5 Å². The van der Waals surface area contributed by atoms with E-state index in [1.165, 1.54) is 35.6 Å². The minimum absolute atomic E-state index is 0.0526. The number of carbonyl (C=O) groups excluding carboxylic acids is 3. The van der Waals surface area contributed by atoms with E-state index < -0.39 is 29.5 Å². The molecule has 32 heavy (non-hydrogen) atoms. The Hall–Kier alpha value is -4.04. The topological polar surface area (TPSA) is 96.8 Å². The zero-order valence-electron chi connectivity index (χ0n) is 17.0. The summed E-state index contributed by atoms with van der Waals surface area (Å²) >= 11 is 1.21. The van der Waals surface area contributed by atoms with Crippen LogP contribution in [0.2, 0.25) is 0 Å². The van der Waals surface area contributed by atoms with Crippen molar-refractivity contribution in [3.05, 3.63) is 100 Å². The average Bonchev–Trinajstić information content (AvgIpc) is 3.44. The van der Waals surface area contributed by atoms with Crippen LogP contribution in [0.3, 0.4) is 0 Å². The molecule has 0 fully saturated rings.